The van der Waals surface area contributed by atoms with Gasteiger partial charge in [-0.1, -0.05) is 18.2 Å². The second-order valence-electron chi connectivity index (χ2n) is 4.61. The molecular weight excluding hydrogens is 388 g/mol. The summed E-state index contributed by atoms with van der Waals surface area (Å²) in [6.07, 6.45) is 3.04. The Bertz CT molecular complexity index is 456. The van der Waals surface area contributed by atoms with Crippen LogP contribution in [0.25, 0.3) is 0 Å². The zero-order valence-corrected chi connectivity index (χ0v) is 14.9. The second kappa shape index (κ2) is 8.71. The maximum Gasteiger partial charge on any atom is 0.191 e. The smallest absolute Gasteiger partial charge is 0.191 e. The molecule has 1 aliphatic rings. The fourth-order valence-electron chi connectivity index (χ4n) is 2.12. The lowest BCUT2D eigenvalue weighted by Crippen LogP contribution is -2.40. The molecule has 2 unspecified atom stereocenters. The van der Waals surface area contributed by atoms with E-state index in [2.05, 4.69) is 21.9 Å². The first-order valence-electron chi connectivity index (χ1n) is 6.46. The van der Waals surface area contributed by atoms with Gasteiger partial charge in [-0.2, -0.15) is 11.8 Å². The Morgan fingerprint density at radius 3 is 2.85 bits per heavy atom. The van der Waals surface area contributed by atoms with E-state index in [1.165, 1.54) is 6.07 Å². The van der Waals surface area contributed by atoms with Gasteiger partial charge in [0.2, 0.25) is 0 Å². The molecule has 6 heteroatoms. The number of nitrogens with zero attached hydrogens (tertiary/aromatic N) is 1. The number of guanidine groups is 1. The summed E-state index contributed by atoms with van der Waals surface area (Å²) in [6.45, 7) is 0.887. The number of hydrogen-bond donors (Lipinski definition) is 2. The highest BCUT2D eigenvalue weighted by Crippen LogP contribution is 2.41. The van der Waals surface area contributed by atoms with Gasteiger partial charge in [0.1, 0.15) is 5.82 Å². The molecule has 1 aliphatic carbocycles. The van der Waals surface area contributed by atoms with Crippen molar-refractivity contribution in [1.82, 2.24) is 10.6 Å². The number of aliphatic imine (C=N–C) groups is 1. The first-order chi connectivity index (χ1) is 9.26. The summed E-state index contributed by atoms with van der Waals surface area (Å²) in [7, 11) is 1.76. The summed E-state index contributed by atoms with van der Waals surface area (Å²) in [5.41, 5.74) is 0.805. The number of benzene rings is 1. The predicted molar refractivity (Wildman–Crippen MR) is 95.8 cm³/mol. The highest BCUT2D eigenvalue weighted by atomic mass is 127. The molecule has 0 saturated heterocycles. The van der Waals surface area contributed by atoms with Gasteiger partial charge in [0.15, 0.2) is 5.96 Å². The molecule has 2 rings (SSSR count). The van der Waals surface area contributed by atoms with Gasteiger partial charge >= 0.3 is 0 Å². The molecule has 0 spiro atoms. The van der Waals surface area contributed by atoms with Gasteiger partial charge in [0.25, 0.3) is 0 Å². The van der Waals surface area contributed by atoms with Crippen LogP contribution in [-0.2, 0) is 0 Å². The molecule has 1 saturated carbocycles. The highest BCUT2D eigenvalue weighted by molar-refractivity contribution is 14.0. The normalized spacial score (nSPS) is 21.1. The topological polar surface area (TPSA) is 36.4 Å². The van der Waals surface area contributed by atoms with Gasteiger partial charge in [-0.15, -0.1) is 24.0 Å². The lowest BCUT2D eigenvalue weighted by molar-refractivity contribution is 0.608. The van der Waals surface area contributed by atoms with Crippen LogP contribution in [0.1, 0.15) is 17.9 Å². The van der Waals surface area contributed by atoms with Crippen LogP contribution >= 0.6 is 35.7 Å². The van der Waals surface area contributed by atoms with Gasteiger partial charge in [0.05, 0.1) is 0 Å². The van der Waals surface area contributed by atoms with Crippen LogP contribution in [0.4, 0.5) is 4.39 Å². The quantitative estimate of drug-likeness (QED) is 0.340. The van der Waals surface area contributed by atoms with Gasteiger partial charge < -0.3 is 10.6 Å². The minimum Gasteiger partial charge on any atom is -0.356 e. The first kappa shape index (κ1) is 17.6. The molecule has 1 aromatic rings. The van der Waals surface area contributed by atoms with Crippen molar-refractivity contribution in [2.24, 2.45) is 4.99 Å². The minimum atomic E-state index is -0.109. The summed E-state index contributed by atoms with van der Waals surface area (Å²) in [4.78, 5) is 4.18. The summed E-state index contributed by atoms with van der Waals surface area (Å²) in [5, 5.41) is 6.59. The van der Waals surface area contributed by atoms with Crippen LogP contribution in [0.15, 0.2) is 29.3 Å². The van der Waals surface area contributed by atoms with Crippen LogP contribution in [0.3, 0.4) is 0 Å². The maximum atomic E-state index is 13.6. The average Bonchev–Trinajstić information content (AvgIpc) is 3.17. The lowest BCUT2D eigenvalue weighted by Gasteiger charge is -2.11. The number of rotatable bonds is 5. The van der Waals surface area contributed by atoms with E-state index in [0.29, 0.717) is 0 Å². The fourth-order valence-corrected chi connectivity index (χ4v) is 2.42. The molecule has 0 amide bonds. The molecule has 2 atom stereocenters. The molecule has 0 heterocycles. The summed E-state index contributed by atoms with van der Waals surface area (Å²) >= 11 is 1.79. The molecule has 20 heavy (non-hydrogen) atoms. The largest absolute Gasteiger partial charge is 0.356 e. The Morgan fingerprint density at radius 1 is 1.45 bits per heavy atom. The van der Waals surface area contributed by atoms with E-state index in [9.17, 15) is 4.39 Å². The molecule has 0 bridgehead atoms. The summed E-state index contributed by atoms with van der Waals surface area (Å²) in [5.74, 6) is 2.00. The van der Waals surface area contributed by atoms with Crippen molar-refractivity contribution in [1.29, 1.82) is 0 Å². The SMILES string of the molecule is CN=C(NCCSC)NC1CC1c1ccccc1F.I. The van der Waals surface area contributed by atoms with E-state index in [1.807, 2.05) is 12.1 Å². The van der Waals surface area contributed by atoms with Gasteiger partial charge in [-0.3, -0.25) is 4.99 Å². The average molecular weight is 409 g/mol. The predicted octanol–water partition coefficient (Wildman–Crippen LogP) is 2.83. The first-order valence-corrected chi connectivity index (χ1v) is 7.86. The van der Waals surface area contributed by atoms with Crippen LogP contribution in [0.5, 0.6) is 0 Å². The van der Waals surface area contributed by atoms with Crippen LogP contribution < -0.4 is 10.6 Å². The zero-order chi connectivity index (χ0) is 13.7. The van der Waals surface area contributed by atoms with Crippen LogP contribution in [0, 0.1) is 5.82 Å². The van der Waals surface area contributed by atoms with E-state index in [0.717, 1.165) is 30.2 Å². The lowest BCUT2D eigenvalue weighted by atomic mass is 10.1. The van der Waals surface area contributed by atoms with Crippen molar-refractivity contribution >= 4 is 41.7 Å². The van der Waals surface area contributed by atoms with Crippen molar-refractivity contribution in [2.45, 2.75) is 18.4 Å². The Morgan fingerprint density at radius 2 is 2.20 bits per heavy atom. The summed E-state index contributed by atoms with van der Waals surface area (Å²) in [6, 6.07) is 7.30. The zero-order valence-electron chi connectivity index (χ0n) is 11.7. The number of hydrogen-bond acceptors (Lipinski definition) is 2. The van der Waals surface area contributed by atoms with E-state index in [1.54, 1.807) is 24.9 Å². The van der Waals surface area contributed by atoms with Crippen LogP contribution in [0.2, 0.25) is 0 Å². The monoisotopic (exact) mass is 409 g/mol. The third kappa shape index (κ3) is 4.80. The van der Waals surface area contributed by atoms with Crippen molar-refractivity contribution < 1.29 is 4.39 Å². The Hall–Kier alpha value is -0.500. The Labute approximate surface area is 141 Å². The molecule has 112 valence electrons. The fraction of sp³-hybridized carbons (Fsp3) is 0.500. The molecule has 0 radical (unpaired) electrons. The minimum absolute atomic E-state index is 0. The second-order valence-corrected chi connectivity index (χ2v) is 5.59. The molecule has 0 aromatic heterocycles. The van der Waals surface area contributed by atoms with E-state index in [-0.39, 0.29) is 41.8 Å². The van der Waals surface area contributed by atoms with Crippen molar-refractivity contribution in [3.8, 4) is 0 Å². The Balaban J connectivity index is 0.00000200. The van der Waals surface area contributed by atoms with E-state index in [4.69, 9.17) is 0 Å². The van der Waals surface area contributed by atoms with E-state index >= 15 is 0 Å². The third-order valence-electron chi connectivity index (χ3n) is 3.24. The number of thioether (sulfide) groups is 1. The highest BCUT2D eigenvalue weighted by Gasteiger charge is 2.40. The van der Waals surface area contributed by atoms with Crippen molar-refractivity contribution in [3.05, 3.63) is 35.6 Å². The molecule has 1 fully saturated rings. The molecule has 0 aliphatic heterocycles. The number of nitrogens with one attached hydrogen (secondary N) is 2. The van der Waals surface area contributed by atoms with Gasteiger partial charge in [0, 0.05) is 31.3 Å². The molecular formula is C14H21FIN3S. The standard InChI is InChI=1S/C14H20FN3S.HI/c1-16-14(17-7-8-19-2)18-13-9-11(13)10-5-3-4-6-12(10)15;/h3-6,11,13H,7-9H2,1-2H3,(H2,16,17,18);1H. The molecule has 2 N–H and O–H groups in total. The van der Waals surface area contributed by atoms with Crippen molar-refractivity contribution in [2.75, 3.05) is 25.6 Å². The van der Waals surface area contributed by atoms with Gasteiger partial charge in [-0.05, 0) is 24.3 Å². The van der Waals surface area contributed by atoms with E-state index < -0.39 is 0 Å². The molecule has 3 nitrogen and oxygen atoms in total. The van der Waals surface area contributed by atoms with Gasteiger partial charge in [-0.25, -0.2) is 4.39 Å². The third-order valence-corrected chi connectivity index (χ3v) is 3.85. The summed E-state index contributed by atoms with van der Waals surface area (Å²) < 4.78 is 13.6. The van der Waals surface area contributed by atoms with Crippen LogP contribution in [-0.4, -0.2) is 37.6 Å². The van der Waals surface area contributed by atoms with Crippen molar-refractivity contribution in [3.63, 3.8) is 0 Å². The number of halogens is 2. The molecule has 1 aromatic carbocycles. The maximum absolute atomic E-state index is 13.6. The Kier molecular flexibility index (Phi) is 7.65.